The van der Waals surface area contributed by atoms with Crippen molar-refractivity contribution in [1.82, 2.24) is 26.2 Å². The van der Waals surface area contributed by atoms with Crippen molar-refractivity contribution >= 4 is 11.9 Å². The van der Waals surface area contributed by atoms with E-state index in [1.807, 2.05) is 13.8 Å². The Bertz CT molecular complexity index is 418. The van der Waals surface area contributed by atoms with Crippen molar-refractivity contribution in [2.45, 2.75) is 51.7 Å². The summed E-state index contributed by atoms with van der Waals surface area (Å²) >= 11 is 0. The Kier molecular flexibility index (Phi) is 9.77. The number of carbonyl (C=O) groups is 2. The Labute approximate surface area is 151 Å². The molecule has 0 aromatic rings. The van der Waals surface area contributed by atoms with Gasteiger partial charge in [0.15, 0.2) is 0 Å². The number of nitrogens with two attached hydrogens (primary N) is 1. The van der Waals surface area contributed by atoms with E-state index in [0.29, 0.717) is 31.5 Å². The summed E-state index contributed by atoms with van der Waals surface area (Å²) in [6, 6.07) is 0.481. The number of nitrogens with zero attached hydrogens (tertiary/aromatic N) is 1. The van der Waals surface area contributed by atoms with Gasteiger partial charge in [-0.3, -0.25) is 9.69 Å². The van der Waals surface area contributed by atoms with Gasteiger partial charge < -0.3 is 27.0 Å². The zero-order chi connectivity index (χ0) is 18.8. The van der Waals surface area contributed by atoms with Crippen LogP contribution in [0.2, 0.25) is 0 Å². The number of likely N-dealkylation sites (tertiary alicyclic amines) is 1. The lowest BCUT2D eigenvalue weighted by atomic mass is 10.1. The minimum Gasteiger partial charge on any atom is -0.359 e. The summed E-state index contributed by atoms with van der Waals surface area (Å²) in [5.41, 5.74) is 5.77. The maximum absolute atomic E-state index is 11.9. The topological polar surface area (TPSA) is 112 Å². The minimum absolute atomic E-state index is 0.0393. The molecule has 3 atom stereocenters. The molecule has 1 fully saturated rings. The third kappa shape index (κ3) is 8.51. The average molecular weight is 357 g/mol. The molecule has 0 unspecified atom stereocenters. The van der Waals surface area contributed by atoms with E-state index in [9.17, 15) is 9.59 Å². The molecule has 146 valence electrons. The third-order valence-electron chi connectivity index (χ3n) is 4.42. The fourth-order valence-electron chi connectivity index (χ4n) is 3.08. The van der Waals surface area contributed by atoms with Gasteiger partial charge in [0.2, 0.25) is 5.91 Å². The second-order valence-corrected chi connectivity index (χ2v) is 7.28. The molecule has 1 aliphatic heterocycles. The molecule has 0 bridgehead atoms. The molecule has 0 aliphatic carbocycles. The fraction of sp³-hybridized carbons (Fsp3) is 0.882. The summed E-state index contributed by atoms with van der Waals surface area (Å²) in [5.74, 6) is 0.453. The number of carbonyl (C=O) groups excluding carboxylic acids is 2. The lowest BCUT2D eigenvalue weighted by Crippen LogP contribution is -2.45. The summed E-state index contributed by atoms with van der Waals surface area (Å²) in [6.07, 6.45) is 1.37. The number of urea groups is 1. The highest BCUT2D eigenvalue weighted by Crippen LogP contribution is 2.19. The Morgan fingerprint density at radius 3 is 2.60 bits per heavy atom. The number of amides is 3. The Morgan fingerprint density at radius 1 is 1.28 bits per heavy atom. The summed E-state index contributed by atoms with van der Waals surface area (Å²) in [4.78, 5) is 25.6. The summed E-state index contributed by atoms with van der Waals surface area (Å²) in [7, 11) is 1.65. The molecule has 3 amide bonds. The van der Waals surface area contributed by atoms with Gasteiger partial charge in [-0.2, -0.15) is 0 Å². The van der Waals surface area contributed by atoms with Crippen molar-refractivity contribution < 1.29 is 9.59 Å². The molecular weight excluding hydrogens is 320 g/mol. The van der Waals surface area contributed by atoms with Crippen LogP contribution in [0, 0.1) is 5.92 Å². The second-order valence-electron chi connectivity index (χ2n) is 7.28. The molecule has 0 spiro atoms. The van der Waals surface area contributed by atoms with Crippen LogP contribution in [0.15, 0.2) is 0 Å². The van der Waals surface area contributed by atoms with Crippen LogP contribution in [0.4, 0.5) is 4.79 Å². The maximum atomic E-state index is 11.9. The molecule has 1 saturated heterocycles. The third-order valence-corrected chi connectivity index (χ3v) is 4.42. The molecule has 8 heteroatoms. The van der Waals surface area contributed by atoms with Crippen molar-refractivity contribution in [3.63, 3.8) is 0 Å². The summed E-state index contributed by atoms with van der Waals surface area (Å²) < 4.78 is 0. The van der Waals surface area contributed by atoms with E-state index in [1.165, 1.54) is 0 Å². The summed E-state index contributed by atoms with van der Waals surface area (Å²) in [5, 5.41) is 11.9. The van der Waals surface area contributed by atoms with Gasteiger partial charge in [0.05, 0.1) is 0 Å². The number of hydrogen-bond donors (Lipinski definition) is 5. The van der Waals surface area contributed by atoms with Crippen LogP contribution in [0.1, 0.15) is 33.6 Å². The van der Waals surface area contributed by atoms with E-state index in [0.717, 1.165) is 26.1 Å². The van der Waals surface area contributed by atoms with Crippen molar-refractivity contribution in [1.29, 1.82) is 0 Å². The first-order valence-corrected chi connectivity index (χ1v) is 9.28. The van der Waals surface area contributed by atoms with Gasteiger partial charge in [0.25, 0.3) is 0 Å². The average Bonchev–Trinajstić information content (AvgIpc) is 2.91. The first-order valence-electron chi connectivity index (χ1n) is 9.28. The molecule has 8 nitrogen and oxygen atoms in total. The van der Waals surface area contributed by atoms with Crippen molar-refractivity contribution in [3.05, 3.63) is 0 Å². The van der Waals surface area contributed by atoms with Gasteiger partial charge in [0, 0.05) is 57.8 Å². The number of nitrogens with one attached hydrogen (secondary N) is 4. The van der Waals surface area contributed by atoms with Crippen molar-refractivity contribution in [2.24, 2.45) is 11.7 Å². The van der Waals surface area contributed by atoms with E-state index in [1.54, 1.807) is 7.05 Å². The lowest BCUT2D eigenvalue weighted by Gasteiger charge is -2.27. The van der Waals surface area contributed by atoms with Crippen LogP contribution >= 0.6 is 0 Å². The second kappa shape index (κ2) is 11.3. The largest absolute Gasteiger partial charge is 0.359 e. The van der Waals surface area contributed by atoms with E-state index in [-0.39, 0.29) is 24.0 Å². The maximum Gasteiger partial charge on any atom is 0.315 e. The van der Waals surface area contributed by atoms with Crippen LogP contribution in [-0.2, 0) is 4.79 Å². The van der Waals surface area contributed by atoms with Gasteiger partial charge in [0.1, 0.15) is 0 Å². The SMILES string of the molecule is CNC(=O)CCNC[C@@H]1C[C@@H](NC(=O)NC(C)C)CN1C[C@@H](C)CN. The van der Waals surface area contributed by atoms with Crippen LogP contribution < -0.4 is 27.0 Å². The Balaban J connectivity index is 2.49. The molecule has 6 N–H and O–H groups in total. The van der Waals surface area contributed by atoms with Crippen LogP contribution in [0.25, 0.3) is 0 Å². The first-order chi connectivity index (χ1) is 11.8. The molecule has 1 heterocycles. The van der Waals surface area contributed by atoms with Gasteiger partial charge in [-0.25, -0.2) is 4.79 Å². The van der Waals surface area contributed by atoms with E-state index < -0.39 is 0 Å². The fourth-order valence-corrected chi connectivity index (χ4v) is 3.08. The molecular formula is C17H36N6O2. The van der Waals surface area contributed by atoms with E-state index in [2.05, 4.69) is 33.1 Å². The highest BCUT2D eigenvalue weighted by Gasteiger charge is 2.33. The predicted octanol–water partition coefficient (Wildman–Crippen LogP) is -0.543. The molecule has 0 aromatic carbocycles. The smallest absolute Gasteiger partial charge is 0.315 e. The molecule has 1 rings (SSSR count). The molecule has 25 heavy (non-hydrogen) atoms. The number of rotatable bonds is 10. The minimum atomic E-state index is -0.111. The normalized spacial score (nSPS) is 22.0. The molecule has 0 saturated carbocycles. The summed E-state index contributed by atoms with van der Waals surface area (Å²) in [6.45, 7) is 9.90. The monoisotopic (exact) mass is 356 g/mol. The molecule has 1 aliphatic rings. The Morgan fingerprint density at radius 2 is 2.00 bits per heavy atom. The number of hydrogen-bond acceptors (Lipinski definition) is 5. The molecule has 0 radical (unpaired) electrons. The zero-order valence-corrected chi connectivity index (χ0v) is 16.1. The van der Waals surface area contributed by atoms with Crippen LogP contribution in [0.5, 0.6) is 0 Å². The van der Waals surface area contributed by atoms with Gasteiger partial charge in [-0.1, -0.05) is 6.92 Å². The standard InChI is InChI=1S/C17H36N6O2/c1-12(2)21-17(25)22-14-7-15(9-20-6-5-16(24)19-4)23(11-14)10-13(3)8-18/h12-15,20H,5-11,18H2,1-4H3,(H,19,24)(H2,21,22,25)/t13-,14+,15-/m0/s1. The highest BCUT2D eigenvalue weighted by atomic mass is 16.2. The first kappa shape index (κ1) is 21.7. The van der Waals surface area contributed by atoms with Gasteiger partial charge >= 0.3 is 6.03 Å². The van der Waals surface area contributed by atoms with Crippen LogP contribution in [0.3, 0.4) is 0 Å². The van der Waals surface area contributed by atoms with Gasteiger partial charge in [-0.15, -0.1) is 0 Å². The highest BCUT2D eigenvalue weighted by molar-refractivity contribution is 5.75. The predicted molar refractivity (Wildman–Crippen MR) is 100 cm³/mol. The van der Waals surface area contributed by atoms with Crippen LogP contribution in [-0.4, -0.2) is 74.7 Å². The molecule has 0 aromatic heterocycles. The van der Waals surface area contributed by atoms with Crippen molar-refractivity contribution in [2.75, 3.05) is 39.8 Å². The van der Waals surface area contributed by atoms with E-state index >= 15 is 0 Å². The van der Waals surface area contributed by atoms with Gasteiger partial charge in [-0.05, 0) is 32.7 Å². The van der Waals surface area contributed by atoms with E-state index in [4.69, 9.17) is 5.73 Å². The Hall–Kier alpha value is -1.38. The quantitative estimate of drug-likeness (QED) is 0.338. The zero-order valence-electron chi connectivity index (χ0n) is 16.1. The lowest BCUT2D eigenvalue weighted by molar-refractivity contribution is -0.120. The van der Waals surface area contributed by atoms with Crippen molar-refractivity contribution in [3.8, 4) is 0 Å².